The molecule has 2 atom stereocenters. The summed E-state index contributed by atoms with van der Waals surface area (Å²) in [6, 6.07) is 7.93. The van der Waals surface area contributed by atoms with Crippen LogP contribution in [0.15, 0.2) is 30.3 Å². The van der Waals surface area contributed by atoms with Gasteiger partial charge >= 0.3 is 0 Å². The summed E-state index contributed by atoms with van der Waals surface area (Å²) in [4.78, 5) is 36.7. The molecule has 3 amide bonds. The minimum Gasteiger partial charge on any atom is -0.355 e. The Morgan fingerprint density at radius 3 is 2.19 bits per heavy atom. The molecular formula is C19H30N4O3. The number of nitrogens with one attached hydrogen (secondary N) is 3. The summed E-state index contributed by atoms with van der Waals surface area (Å²) in [6.07, 6.45) is 0.836. The van der Waals surface area contributed by atoms with Gasteiger partial charge < -0.3 is 21.7 Å². The minimum atomic E-state index is -0.794. The van der Waals surface area contributed by atoms with Crippen molar-refractivity contribution in [3.63, 3.8) is 0 Å². The lowest BCUT2D eigenvalue weighted by Gasteiger charge is -2.24. The number of nitrogens with two attached hydrogens (primary N) is 1. The maximum absolute atomic E-state index is 12.8. The van der Waals surface area contributed by atoms with Crippen LogP contribution in [-0.4, -0.2) is 42.9 Å². The molecule has 0 radical (unpaired) electrons. The van der Waals surface area contributed by atoms with Gasteiger partial charge in [-0.1, -0.05) is 44.2 Å². The Bertz CT molecular complexity index is 590. The van der Waals surface area contributed by atoms with E-state index in [1.165, 1.54) is 0 Å². The number of benzene rings is 1. The quantitative estimate of drug-likeness (QED) is 0.481. The van der Waals surface area contributed by atoms with Crippen molar-refractivity contribution in [3.05, 3.63) is 35.9 Å². The summed E-state index contributed by atoms with van der Waals surface area (Å²) in [6.45, 7) is 6.07. The molecule has 144 valence electrons. The molecule has 0 aromatic heterocycles. The molecule has 0 bridgehead atoms. The third-order valence-electron chi connectivity index (χ3n) is 3.81. The predicted octanol–water partition coefficient (Wildman–Crippen LogP) is 0.340. The third-order valence-corrected chi connectivity index (χ3v) is 3.81. The van der Waals surface area contributed by atoms with Crippen molar-refractivity contribution in [1.29, 1.82) is 0 Å². The molecule has 0 fully saturated rings. The number of amides is 3. The first-order valence-corrected chi connectivity index (χ1v) is 8.98. The summed E-state index contributed by atoms with van der Waals surface area (Å²) in [5, 5.41) is 8.15. The summed E-state index contributed by atoms with van der Waals surface area (Å²) in [5.74, 6) is -0.806. The van der Waals surface area contributed by atoms with E-state index in [0.717, 1.165) is 5.56 Å². The maximum Gasteiger partial charge on any atom is 0.243 e. The Morgan fingerprint density at radius 2 is 1.65 bits per heavy atom. The lowest BCUT2D eigenvalue weighted by Crippen LogP contribution is -2.55. The molecule has 0 aliphatic rings. The van der Waals surface area contributed by atoms with Crippen LogP contribution in [0.2, 0.25) is 0 Å². The second-order valence-electron chi connectivity index (χ2n) is 6.60. The Labute approximate surface area is 155 Å². The molecule has 5 N–H and O–H groups in total. The smallest absolute Gasteiger partial charge is 0.243 e. The van der Waals surface area contributed by atoms with Crippen molar-refractivity contribution >= 4 is 17.7 Å². The second-order valence-corrected chi connectivity index (χ2v) is 6.60. The number of hydrogen-bond donors (Lipinski definition) is 4. The van der Waals surface area contributed by atoms with Gasteiger partial charge in [0.05, 0.1) is 6.54 Å². The van der Waals surface area contributed by atoms with Crippen LogP contribution in [0.5, 0.6) is 0 Å². The lowest BCUT2D eigenvalue weighted by molar-refractivity contribution is -0.132. The highest BCUT2D eigenvalue weighted by atomic mass is 16.2. The Balaban J connectivity index is 2.89. The molecule has 0 aliphatic heterocycles. The van der Waals surface area contributed by atoms with Crippen LogP contribution in [0.25, 0.3) is 0 Å². The fourth-order valence-corrected chi connectivity index (χ4v) is 2.58. The van der Waals surface area contributed by atoms with Crippen LogP contribution in [0.3, 0.4) is 0 Å². The van der Waals surface area contributed by atoms with E-state index in [0.29, 0.717) is 19.4 Å². The van der Waals surface area contributed by atoms with Crippen molar-refractivity contribution in [2.24, 2.45) is 11.7 Å². The van der Waals surface area contributed by atoms with E-state index in [4.69, 9.17) is 5.73 Å². The van der Waals surface area contributed by atoms with Crippen molar-refractivity contribution in [1.82, 2.24) is 16.0 Å². The zero-order chi connectivity index (χ0) is 19.5. The standard InChI is InChI=1S/C19H30N4O3/c1-4-21-18(25)15(10-13(2)3)23-19(26)16(22-17(24)12-20)11-14-8-6-5-7-9-14/h5-9,13,15-16H,4,10-12,20H2,1-3H3,(H,21,25)(H,22,24)(H,23,26)/t15-,16-/m0/s1. The molecule has 0 spiro atoms. The van der Waals surface area contributed by atoms with Gasteiger partial charge in [-0.2, -0.15) is 0 Å². The van der Waals surface area contributed by atoms with Crippen LogP contribution in [0.4, 0.5) is 0 Å². The third kappa shape index (κ3) is 7.65. The van der Waals surface area contributed by atoms with Crippen LogP contribution in [0, 0.1) is 5.92 Å². The zero-order valence-corrected chi connectivity index (χ0v) is 15.7. The topological polar surface area (TPSA) is 113 Å². The molecule has 7 heteroatoms. The number of carbonyl (C=O) groups is 3. The van der Waals surface area contributed by atoms with Gasteiger partial charge in [0, 0.05) is 13.0 Å². The van der Waals surface area contributed by atoms with E-state index in [-0.39, 0.29) is 18.4 Å². The van der Waals surface area contributed by atoms with Gasteiger partial charge in [-0.3, -0.25) is 14.4 Å². The monoisotopic (exact) mass is 362 g/mol. The molecule has 0 saturated heterocycles. The number of rotatable bonds is 10. The lowest BCUT2D eigenvalue weighted by atomic mass is 10.0. The predicted molar refractivity (Wildman–Crippen MR) is 101 cm³/mol. The first-order chi connectivity index (χ1) is 12.4. The molecule has 7 nitrogen and oxygen atoms in total. The van der Waals surface area contributed by atoms with Gasteiger partial charge in [0.15, 0.2) is 0 Å². The van der Waals surface area contributed by atoms with E-state index < -0.39 is 23.9 Å². The fraction of sp³-hybridized carbons (Fsp3) is 0.526. The number of likely N-dealkylation sites (N-methyl/N-ethyl adjacent to an activating group) is 1. The molecule has 0 heterocycles. The average Bonchev–Trinajstić information content (AvgIpc) is 2.61. The SMILES string of the molecule is CCNC(=O)[C@H](CC(C)C)NC(=O)[C@H](Cc1ccccc1)NC(=O)CN. The molecule has 0 aliphatic carbocycles. The Morgan fingerprint density at radius 1 is 1.00 bits per heavy atom. The molecule has 1 aromatic carbocycles. The molecule has 1 aromatic rings. The van der Waals surface area contributed by atoms with Gasteiger partial charge in [0.1, 0.15) is 12.1 Å². The molecular weight excluding hydrogens is 332 g/mol. The highest BCUT2D eigenvalue weighted by Crippen LogP contribution is 2.08. The van der Waals surface area contributed by atoms with E-state index >= 15 is 0 Å². The van der Waals surface area contributed by atoms with Crippen LogP contribution in [0.1, 0.15) is 32.8 Å². The Hall–Kier alpha value is -2.41. The van der Waals surface area contributed by atoms with Gasteiger partial charge in [-0.05, 0) is 24.8 Å². The summed E-state index contributed by atoms with van der Waals surface area (Å²) < 4.78 is 0. The van der Waals surface area contributed by atoms with Crippen molar-refractivity contribution < 1.29 is 14.4 Å². The zero-order valence-electron chi connectivity index (χ0n) is 15.7. The van der Waals surface area contributed by atoms with E-state index in [2.05, 4.69) is 16.0 Å². The summed E-state index contributed by atoms with van der Waals surface area (Å²) in [7, 11) is 0. The van der Waals surface area contributed by atoms with Crippen LogP contribution in [-0.2, 0) is 20.8 Å². The van der Waals surface area contributed by atoms with E-state index in [1.807, 2.05) is 51.1 Å². The first-order valence-electron chi connectivity index (χ1n) is 8.98. The van der Waals surface area contributed by atoms with Gasteiger partial charge in [-0.15, -0.1) is 0 Å². The van der Waals surface area contributed by atoms with Gasteiger partial charge in [0.25, 0.3) is 0 Å². The number of carbonyl (C=O) groups excluding carboxylic acids is 3. The van der Waals surface area contributed by atoms with Crippen LogP contribution >= 0.6 is 0 Å². The molecule has 0 saturated carbocycles. The molecule has 1 rings (SSSR count). The van der Waals surface area contributed by atoms with Crippen molar-refractivity contribution in [3.8, 4) is 0 Å². The highest BCUT2D eigenvalue weighted by Gasteiger charge is 2.27. The maximum atomic E-state index is 12.8. The number of hydrogen-bond acceptors (Lipinski definition) is 4. The van der Waals surface area contributed by atoms with Gasteiger partial charge in [-0.25, -0.2) is 0 Å². The average molecular weight is 362 g/mol. The second kappa shape index (κ2) is 11.3. The van der Waals surface area contributed by atoms with Gasteiger partial charge in [0.2, 0.25) is 17.7 Å². The Kier molecular flexibility index (Phi) is 9.36. The highest BCUT2D eigenvalue weighted by molar-refractivity contribution is 5.92. The van der Waals surface area contributed by atoms with Crippen molar-refractivity contribution in [2.75, 3.05) is 13.1 Å². The van der Waals surface area contributed by atoms with E-state index in [1.54, 1.807) is 0 Å². The van der Waals surface area contributed by atoms with E-state index in [9.17, 15) is 14.4 Å². The largest absolute Gasteiger partial charge is 0.355 e. The first kappa shape index (κ1) is 21.6. The summed E-state index contributed by atoms with van der Waals surface area (Å²) >= 11 is 0. The normalized spacial score (nSPS) is 13.0. The van der Waals surface area contributed by atoms with Crippen molar-refractivity contribution in [2.45, 2.75) is 45.7 Å². The van der Waals surface area contributed by atoms with Crippen LogP contribution < -0.4 is 21.7 Å². The molecule has 0 unspecified atom stereocenters. The summed E-state index contributed by atoms with van der Waals surface area (Å²) in [5.41, 5.74) is 6.27. The minimum absolute atomic E-state index is 0.204. The fourth-order valence-electron chi connectivity index (χ4n) is 2.58. The molecule has 26 heavy (non-hydrogen) atoms.